The summed E-state index contributed by atoms with van der Waals surface area (Å²) in [7, 11) is 0. The fraction of sp³-hybridized carbons (Fsp3) is 0.333. The maximum Gasteiger partial charge on any atom is 0.272 e. The maximum absolute atomic E-state index is 12.2. The Hall–Kier alpha value is -1.58. The predicted octanol–water partition coefficient (Wildman–Crippen LogP) is 4.23. The fourth-order valence-corrected chi connectivity index (χ4v) is 4.20. The molecule has 0 unspecified atom stereocenters. The smallest absolute Gasteiger partial charge is 0.272 e. The SMILES string of the molecule is N#Cc1c(NC(=O)c2cc(Br)c[nH]2)sc2c1CCCCC2. The highest BCUT2D eigenvalue weighted by Gasteiger charge is 2.21. The van der Waals surface area contributed by atoms with Crippen molar-refractivity contribution in [3.8, 4) is 6.07 Å². The van der Waals surface area contributed by atoms with Gasteiger partial charge >= 0.3 is 0 Å². The van der Waals surface area contributed by atoms with E-state index in [2.05, 4.69) is 32.3 Å². The summed E-state index contributed by atoms with van der Waals surface area (Å²) in [5, 5.41) is 13.0. The molecule has 0 radical (unpaired) electrons. The fourth-order valence-electron chi connectivity index (χ4n) is 2.62. The average molecular weight is 364 g/mol. The number of aryl methyl sites for hydroxylation is 1. The van der Waals surface area contributed by atoms with Crippen molar-refractivity contribution in [2.45, 2.75) is 32.1 Å². The van der Waals surface area contributed by atoms with E-state index in [0.717, 1.165) is 35.7 Å². The molecule has 0 spiro atoms. The van der Waals surface area contributed by atoms with E-state index in [1.54, 1.807) is 23.6 Å². The lowest BCUT2D eigenvalue weighted by molar-refractivity contribution is 0.102. The summed E-state index contributed by atoms with van der Waals surface area (Å²) in [4.78, 5) is 16.4. The monoisotopic (exact) mass is 363 g/mol. The highest BCUT2D eigenvalue weighted by molar-refractivity contribution is 9.10. The summed E-state index contributed by atoms with van der Waals surface area (Å²) in [6.45, 7) is 0. The lowest BCUT2D eigenvalue weighted by atomic mass is 10.1. The Bertz CT molecular complexity index is 726. The van der Waals surface area contributed by atoms with Crippen molar-refractivity contribution >= 4 is 38.2 Å². The Balaban J connectivity index is 1.89. The highest BCUT2D eigenvalue weighted by atomic mass is 79.9. The van der Waals surface area contributed by atoms with E-state index in [-0.39, 0.29) is 5.91 Å². The summed E-state index contributed by atoms with van der Waals surface area (Å²) < 4.78 is 0.829. The summed E-state index contributed by atoms with van der Waals surface area (Å²) in [5.74, 6) is -0.214. The van der Waals surface area contributed by atoms with E-state index in [9.17, 15) is 10.1 Å². The van der Waals surface area contributed by atoms with E-state index in [1.807, 2.05) is 0 Å². The molecule has 2 N–H and O–H groups in total. The van der Waals surface area contributed by atoms with Crippen LogP contribution in [0.3, 0.4) is 0 Å². The number of amides is 1. The molecular weight excluding hydrogens is 350 g/mol. The van der Waals surface area contributed by atoms with Crippen LogP contribution in [0.4, 0.5) is 5.00 Å². The number of fused-ring (bicyclic) bond motifs is 1. The summed E-state index contributed by atoms with van der Waals surface area (Å²) in [5.41, 5.74) is 2.27. The van der Waals surface area contributed by atoms with Gasteiger partial charge in [0, 0.05) is 15.5 Å². The zero-order valence-corrected chi connectivity index (χ0v) is 13.7. The number of anilines is 1. The Morgan fingerprint density at radius 3 is 2.90 bits per heavy atom. The molecule has 1 amide bonds. The number of hydrogen-bond donors (Lipinski definition) is 2. The number of H-pyrrole nitrogens is 1. The van der Waals surface area contributed by atoms with Crippen LogP contribution in [0.15, 0.2) is 16.7 Å². The number of nitrogens with one attached hydrogen (secondary N) is 2. The standard InChI is InChI=1S/C15H14BrN3OS/c16-9-6-12(18-8-9)14(20)19-15-11(7-17)10-4-2-1-3-5-13(10)21-15/h6,8,18H,1-5H2,(H,19,20). The predicted molar refractivity (Wildman–Crippen MR) is 86.7 cm³/mol. The molecule has 108 valence electrons. The van der Waals surface area contributed by atoms with Crippen LogP contribution in [0.25, 0.3) is 0 Å². The van der Waals surface area contributed by atoms with Gasteiger partial charge in [0.15, 0.2) is 0 Å². The summed E-state index contributed by atoms with van der Waals surface area (Å²) >= 11 is 4.86. The second-order valence-corrected chi connectivity index (χ2v) is 7.09. The maximum atomic E-state index is 12.2. The lowest BCUT2D eigenvalue weighted by Crippen LogP contribution is -2.12. The van der Waals surface area contributed by atoms with E-state index in [1.165, 1.54) is 11.3 Å². The van der Waals surface area contributed by atoms with Gasteiger partial charge < -0.3 is 10.3 Å². The molecule has 2 heterocycles. The van der Waals surface area contributed by atoms with Gasteiger partial charge in [0.2, 0.25) is 0 Å². The van der Waals surface area contributed by atoms with E-state index >= 15 is 0 Å². The van der Waals surface area contributed by atoms with Crippen molar-refractivity contribution in [2.24, 2.45) is 0 Å². The van der Waals surface area contributed by atoms with Gasteiger partial charge in [-0.25, -0.2) is 0 Å². The van der Waals surface area contributed by atoms with Crippen LogP contribution >= 0.6 is 27.3 Å². The van der Waals surface area contributed by atoms with Gasteiger partial charge in [-0.2, -0.15) is 5.26 Å². The van der Waals surface area contributed by atoms with Crippen LogP contribution in [-0.4, -0.2) is 10.9 Å². The van der Waals surface area contributed by atoms with Crippen LogP contribution in [0.5, 0.6) is 0 Å². The second kappa shape index (κ2) is 6.04. The molecule has 2 aromatic heterocycles. The van der Waals surface area contributed by atoms with Gasteiger partial charge in [-0.15, -0.1) is 11.3 Å². The molecule has 6 heteroatoms. The van der Waals surface area contributed by atoms with Gasteiger partial charge in [-0.05, 0) is 53.2 Å². The number of rotatable bonds is 2. The minimum Gasteiger partial charge on any atom is -0.356 e. The van der Waals surface area contributed by atoms with Crippen molar-refractivity contribution in [3.63, 3.8) is 0 Å². The molecule has 1 aliphatic carbocycles. The quantitative estimate of drug-likeness (QED) is 0.783. The number of aromatic amines is 1. The Morgan fingerprint density at radius 1 is 1.38 bits per heavy atom. The Kier molecular flexibility index (Phi) is 4.13. The third-order valence-electron chi connectivity index (χ3n) is 3.65. The van der Waals surface area contributed by atoms with Crippen molar-refractivity contribution in [1.29, 1.82) is 5.26 Å². The molecule has 0 aromatic carbocycles. The Labute approximate surface area is 135 Å². The third-order valence-corrected chi connectivity index (χ3v) is 5.32. The van der Waals surface area contributed by atoms with Crippen molar-refractivity contribution in [1.82, 2.24) is 4.98 Å². The van der Waals surface area contributed by atoms with Gasteiger partial charge in [0.05, 0.1) is 5.56 Å². The van der Waals surface area contributed by atoms with E-state index in [0.29, 0.717) is 16.3 Å². The van der Waals surface area contributed by atoms with Gasteiger partial charge in [0.1, 0.15) is 16.8 Å². The lowest BCUT2D eigenvalue weighted by Gasteiger charge is -2.02. The number of aromatic nitrogens is 1. The van der Waals surface area contributed by atoms with E-state index < -0.39 is 0 Å². The second-order valence-electron chi connectivity index (χ2n) is 5.07. The van der Waals surface area contributed by atoms with Gasteiger partial charge in [-0.3, -0.25) is 4.79 Å². The molecule has 0 atom stereocenters. The van der Waals surface area contributed by atoms with Crippen molar-refractivity contribution in [2.75, 3.05) is 5.32 Å². The number of halogens is 1. The van der Waals surface area contributed by atoms with Crippen LogP contribution in [0.2, 0.25) is 0 Å². The molecule has 0 saturated heterocycles. The molecule has 4 nitrogen and oxygen atoms in total. The molecule has 3 rings (SSSR count). The number of carbonyl (C=O) groups excluding carboxylic acids is 1. The first-order chi connectivity index (χ1) is 10.2. The van der Waals surface area contributed by atoms with Crippen LogP contribution in [0, 0.1) is 11.3 Å². The molecule has 0 aliphatic heterocycles. The highest BCUT2D eigenvalue weighted by Crippen LogP contribution is 2.37. The third kappa shape index (κ3) is 2.89. The zero-order valence-electron chi connectivity index (χ0n) is 11.3. The number of hydrogen-bond acceptors (Lipinski definition) is 3. The molecule has 2 aromatic rings. The summed E-state index contributed by atoms with van der Waals surface area (Å²) in [6, 6.07) is 3.99. The first kappa shape index (κ1) is 14.4. The van der Waals surface area contributed by atoms with Crippen LogP contribution in [-0.2, 0) is 12.8 Å². The van der Waals surface area contributed by atoms with Crippen molar-refractivity contribution in [3.05, 3.63) is 38.4 Å². The van der Waals surface area contributed by atoms with Crippen LogP contribution in [0.1, 0.15) is 45.8 Å². The normalized spacial score (nSPS) is 14.1. The Morgan fingerprint density at radius 2 is 2.19 bits per heavy atom. The van der Waals surface area contributed by atoms with Gasteiger partial charge in [-0.1, -0.05) is 6.42 Å². The molecule has 0 saturated carbocycles. The van der Waals surface area contributed by atoms with Gasteiger partial charge in [0.25, 0.3) is 5.91 Å². The molecule has 1 aliphatic rings. The minimum absolute atomic E-state index is 0.214. The molecule has 0 fully saturated rings. The molecule has 21 heavy (non-hydrogen) atoms. The van der Waals surface area contributed by atoms with E-state index in [4.69, 9.17) is 0 Å². The molecular formula is C15H14BrN3OS. The number of carbonyl (C=O) groups is 1. The largest absolute Gasteiger partial charge is 0.356 e. The first-order valence-corrected chi connectivity index (χ1v) is 8.50. The number of thiophene rings is 1. The summed E-state index contributed by atoms with van der Waals surface area (Å²) in [6.07, 6.45) is 7.16. The first-order valence-electron chi connectivity index (χ1n) is 6.89. The molecule has 0 bridgehead atoms. The zero-order chi connectivity index (χ0) is 14.8. The van der Waals surface area contributed by atoms with Crippen LogP contribution < -0.4 is 5.32 Å². The topological polar surface area (TPSA) is 68.7 Å². The minimum atomic E-state index is -0.214. The average Bonchev–Trinajstić information content (AvgIpc) is 2.96. The number of nitrogens with zero attached hydrogens (tertiary/aromatic N) is 1. The van der Waals surface area contributed by atoms with Crippen molar-refractivity contribution < 1.29 is 4.79 Å². The number of nitriles is 1.